The van der Waals surface area contributed by atoms with Gasteiger partial charge in [0.05, 0.1) is 5.56 Å². The Morgan fingerprint density at radius 1 is 1.56 bits per heavy atom. The van der Waals surface area contributed by atoms with Crippen LogP contribution in [0, 0.1) is 30.1 Å². The lowest BCUT2D eigenvalue weighted by Crippen LogP contribution is -2.43. The zero-order chi connectivity index (χ0) is 13.1. The number of aryl methyl sites for hydroxylation is 1. The van der Waals surface area contributed by atoms with Crippen LogP contribution in [-0.4, -0.2) is 24.6 Å². The molecule has 0 saturated carbocycles. The zero-order valence-corrected chi connectivity index (χ0v) is 11.1. The maximum absolute atomic E-state index is 9.17. The largest absolute Gasteiger partial charge is 0.355 e. The van der Waals surface area contributed by atoms with Crippen LogP contribution in [-0.2, 0) is 0 Å². The smallest absolute Gasteiger partial charge is 0.146 e. The summed E-state index contributed by atoms with van der Waals surface area (Å²) >= 11 is 0. The van der Waals surface area contributed by atoms with Gasteiger partial charge in [0.1, 0.15) is 11.9 Å². The number of hydrogen-bond donors (Lipinski definition) is 1. The van der Waals surface area contributed by atoms with Crippen LogP contribution in [0.3, 0.4) is 0 Å². The van der Waals surface area contributed by atoms with Crippen molar-refractivity contribution in [2.24, 2.45) is 17.6 Å². The first kappa shape index (κ1) is 12.8. The fourth-order valence-corrected chi connectivity index (χ4v) is 2.52. The number of hydrogen-bond acceptors (Lipinski definition) is 4. The maximum Gasteiger partial charge on any atom is 0.146 e. The first-order chi connectivity index (χ1) is 8.65. The lowest BCUT2D eigenvalue weighted by Gasteiger charge is -2.37. The normalized spacial score (nSPS) is 23.8. The summed E-state index contributed by atoms with van der Waals surface area (Å²) in [4.78, 5) is 6.74. The lowest BCUT2D eigenvalue weighted by atomic mass is 9.87. The van der Waals surface area contributed by atoms with E-state index in [4.69, 9.17) is 5.73 Å². The monoisotopic (exact) mass is 244 g/mol. The fraction of sp³-hybridized carbons (Fsp3) is 0.571. The van der Waals surface area contributed by atoms with E-state index >= 15 is 0 Å². The molecule has 2 atom stereocenters. The minimum atomic E-state index is 0.493. The Morgan fingerprint density at radius 3 is 3.00 bits per heavy atom. The van der Waals surface area contributed by atoms with E-state index in [1.807, 2.05) is 19.1 Å². The molecule has 2 heterocycles. The van der Waals surface area contributed by atoms with Gasteiger partial charge < -0.3 is 10.6 Å². The van der Waals surface area contributed by atoms with Crippen molar-refractivity contribution in [2.45, 2.75) is 20.3 Å². The SMILES string of the molecule is Cc1ccc(C#N)c(N2CCC(C)C(CN)C2)n1. The molecule has 0 amide bonds. The highest BCUT2D eigenvalue weighted by Crippen LogP contribution is 2.27. The molecule has 2 N–H and O–H groups in total. The van der Waals surface area contributed by atoms with Gasteiger partial charge in [-0.2, -0.15) is 5.26 Å². The molecule has 1 aliphatic heterocycles. The van der Waals surface area contributed by atoms with Crippen molar-refractivity contribution in [3.05, 3.63) is 23.4 Å². The Morgan fingerprint density at radius 2 is 2.33 bits per heavy atom. The van der Waals surface area contributed by atoms with Crippen molar-refractivity contribution < 1.29 is 0 Å². The average molecular weight is 244 g/mol. The van der Waals surface area contributed by atoms with Crippen molar-refractivity contribution >= 4 is 5.82 Å². The van der Waals surface area contributed by atoms with Gasteiger partial charge in [0.15, 0.2) is 0 Å². The van der Waals surface area contributed by atoms with E-state index in [0.29, 0.717) is 23.9 Å². The first-order valence-corrected chi connectivity index (χ1v) is 6.48. The third kappa shape index (κ3) is 2.46. The summed E-state index contributed by atoms with van der Waals surface area (Å²) in [5.74, 6) is 1.97. The Labute approximate surface area is 108 Å². The summed E-state index contributed by atoms with van der Waals surface area (Å²) in [7, 11) is 0. The molecule has 1 saturated heterocycles. The molecule has 96 valence electrons. The van der Waals surface area contributed by atoms with Crippen molar-refractivity contribution in [1.29, 1.82) is 5.26 Å². The molecule has 18 heavy (non-hydrogen) atoms. The van der Waals surface area contributed by atoms with Crippen LogP contribution in [0.1, 0.15) is 24.6 Å². The van der Waals surface area contributed by atoms with Crippen LogP contribution in [0.15, 0.2) is 12.1 Å². The van der Waals surface area contributed by atoms with Gasteiger partial charge in [-0.15, -0.1) is 0 Å². The fourth-order valence-electron chi connectivity index (χ4n) is 2.52. The van der Waals surface area contributed by atoms with E-state index in [0.717, 1.165) is 31.0 Å². The summed E-state index contributed by atoms with van der Waals surface area (Å²) in [6.07, 6.45) is 1.11. The Balaban J connectivity index is 2.27. The van der Waals surface area contributed by atoms with Gasteiger partial charge in [0, 0.05) is 18.8 Å². The predicted molar refractivity (Wildman–Crippen MR) is 72.2 cm³/mol. The molecule has 1 aromatic heterocycles. The molecule has 2 unspecified atom stereocenters. The minimum absolute atomic E-state index is 0.493. The molecule has 1 fully saturated rings. The van der Waals surface area contributed by atoms with Crippen LogP contribution in [0.25, 0.3) is 0 Å². The standard InChI is InChI=1S/C14H20N4/c1-10-5-6-18(9-13(10)8-16)14-12(7-15)4-3-11(2)17-14/h3-4,10,13H,5-6,8-9,16H2,1-2H3. The number of nitrogens with two attached hydrogens (primary N) is 1. The van der Waals surface area contributed by atoms with E-state index < -0.39 is 0 Å². The van der Waals surface area contributed by atoms with Crippen molar-refractivity contribution in [2.75, 3.05) is 24.5 Å². The number of aromatic nitrogens is 1. The average Bonchev–Trinajstić information content (AvgIpc) is 2.39. The predicted octanol–water partition coefficient (Wildman–Crippen LogP) is 1.68. The van der Waals surface area contributed by atoms with E-state index in [9.17, 15) is 5.26 Å². The number of rotatable bonds is 2. The van der Waals surface area contributed by atoms with E-state index in [1.54, 1.807) is 0 Å². The molecular formula is C14H20N4. The topological polar surface area (TPSA) is 65.9 Å². The highest BCUT2D eigenvalue weighted by molar-refractivity contribution is 5.54. The Bertz CT molecular complexity index is 463. The van der Waals surface area contributed by atoms with E-state index in [1.165, 1.54) is 0 Å². The molecule has 4 nitrogen and oxygen atoms in total. The molecule has 1 aliphatic rings. The van der Waals surface area contributed by atoms with Gasteiger partial charge in [-0.3, -0.25) is 0 Å². The number of pyridine rings is 1. The molecule has 0 bridgehead atoms. The van der Waals surface area contributed by atoms with Gasteiger partial charge in [-0.25, -0.2) is 4.98 Å². The summed E-state index contributed by atoms with van der Waals surface area (Å²) in [6, 6.07) is 5.97. The molecule has 1 aromatic rings. The molecular weight excluding hydrogens is 224 g/mol. The molecule has 4 heteroatoms. The van der Waals surface area contributed by atoms with Gasteiger partial charge in [-0.1, -0.05) is 6.92 Å². The van der Waals surface area contributed by atoms with Gasteiger partial charge in [0.2, 0.25) is 0 Å². The molecule has 0 spiro atoms. The second kappa shape index (κ2) is 5.36. The van der Waals surface area contributed by atoms with Crippen LogP contribution in [0.5, 0.6) is 0 Å². The van der Waals surface area contributed by atoms with Crippen LogP contribution in [0.4, 0.5) is 5.82 Å². The van der Waals surface area contributed by atoms with Crippen molar-refractivity contribution in [3.63, 3.8) is 0 Å². The van der Waals surface area contributed by atoms with Crippen LogP contribution < -0.4 is 10.6 Å². The Kier molecular flexibility index (Phi) is 3.83. The molecule has 0 aliphatic carbocycles. The van der Waals surface area contributed by atoms with Gasteiger partial charge in [-0.05, 0) is 43.9 Å². The summed E-state index contributed by atoms with van der Waals surface area (Å²) in [5, 5.41) is 9.17. The molecule has 0 radical (unpaired) electrons. The zero-order valence-electron chi connectivity index (χ0n) is 11.1. The molecule has 0 aromatic carbocycles. The Hall–Kier alpha value is -1.60. The van der Waals surface area contributed by atoms with Gasteiger partial charge in [0.25, 0.3) is 0 Å². The summed E-state index contributed by atoms with van der Waals surface area (Å²) < 4.78 is 0. The molecule has 2 rings (SSSR count). The second-order valence-corrected chi connectivity index (χ2v) is 5.14. The minimum Gasteiger partial charge on any atom is -0.355 e. The number of piperidine rings is 1. The lowest BCUT2D eigenvalue weighted by molar-refractivity contribution is 0.306. The first-order valence-electron chi connectivity index (χ1n) is 6.48. The van der Waals surface area contributed by atoms with Crippen LogP contribution in [0.2, 0.25) is 0 Å². The van der Waals surface area contributed by atoms with Crippen molar-refractivity contribution in [1.82, 2.24) is 4.98 Å². The quantitative estimate of drug-likeness (QED) is 0.859. The van der Waals surface area contributed by atoms with Crippen LogP contribution >= 0.6 is 0 Å². The second-order valence-electron chi connectivity index (χ2n) is 5.14. The third-order valence-corrected chi connectivity index (χ3v) is 3.85. The third-order valence-electron chi connectivity index (χ3n) is 3.85. The number of nitriles is 1. The maximum atomic E-state index is 9.17. The summed E-state index contributed by atoms with van der Waals surface area (Å²) in [5.41, 5.74) is 7.43. The van der Waals surface area contributed by atoms with E-state index in [-0.39, 0.29) is 0 Å². The highest BCUT2D eigenvalue weighted by atomic mass is 15.2. The number of nitrogens with zero attached hydrogens (tertiary/aromatic N) is 3. The van der Waals surface area contributed by atoms with Gasteiger partial charge >= 0.3 is 0 Å². The summed E-state index contributed by atoms with van der Waals surface area (Å²) in [6.45, 7) is 6.78. The van der Waals surface area contributed by atoms with Crippen molar-refractivity contribution in [3.8, 4) is 6.07 Å². The number of anilines is 1. The van der Waals surface area contributed by atoms with E-state index in [2.05, 4.69) is 22.9 Å². The highest BCUT2D eigenvalue weighted by Gasteiger charge is 2.27.